The molecule has 0 radical (unpaired) electrons. The van der Waals surface area contributed by atoms with E-state index >= 15 is 0 Å². The van der Waals surface area contributed by atoms with Gasteiger partial charge >= 0.3 is 0 Å². The zero-order valence-corrected chi connectivity index (χ0v) is 8.60. The number of ether oxygens (including phenoxy) is 2. The Morgan fingerprint density at radius 1 is 1.53 bits per heavy atom. The Morgan fingerprint density at radius 2 is 2.33 bits per heavy atom. The predicted molar refractivity (Wildman–Crippen MR) is 54.7 cm³/mol. The molecule has 0 aliphatic rings. The third-order valence-corrected chi connectivity index (χ3v) is 1.70. The van der Waals surface area contributed by atoms with Gasteiger partial charge in [0.05, 0.1) is 6.61 Å². The van der Waals surface area contributed by atoms with Gasteiger partial charge in [0.25, 0.3) is 0 Å². The molecule has 0 spiro atoms. The number of hydrogen-bond donors (Lipinski definition) is 1. The molecule has 1 heterocycles. The fraction of sp³-hybridized carbons (Fsp3) is 0.400. The van der Waals surface area contributed by atoms with E-state index in [0.717, 1.165) is 0 Å². The second-order valence-electron chi connectivity index (χ2n) is 2.79. The van der Waals surface area contributed by atoms with Gasteiger partial charge in [-0.3, -0.25) is 4.79 Å². The topological polar surface area (TPSA) is 74.4 Å². The normalized spacial score (nSPS) is 9.93. The first kappa shape index (κ1) is 11.5. The van der Waals surface area contributed by atoms with Crippen molar-refractivity contribution in [2.45, 2.75) is 6.92 Å². The minimum Gasteiger partial charge on any atom is -0.475 e. The maximum atomic E-state index is 10.8. The zero-order chi connectivity index (χ0) is 11.1. The van der Waals surface area contributed by atoms with Crippen LogP contribution in [0.15, 0.2) is 18.3 Å². The molecule has 5 nitrogen and oxygen atoms in total. The fourth-order valence-electron chi connectivity index (χ4n) is 0.991. The molecule has 0 aliphatic heterocycles. The van der Waals surface area contributed by atoms with Gasteiger partial charge < -0.3 is 15.2 Å². The van der Waals surface area contributed by atoms with Gasteiger partial charge in [-0.2, -0.15) is 0 Å². The molecule has 15 heavy (non-hydrogen) atoms. The summed E-state index contributed by atoms with van der Waals surface area (Å²) in [5, 5.41) is 0. The van der Waals surface area contributed by atoms with Crippen LogP contribution < -0.4 is 10.5 Å². The van der Waals surface area contributed by atoms with Crippen molar-refractivity contribution >= 4 is 5.91 Å². The average Bonchev–Trinajstić information content (AvgIpc) is 2.25. The molecule has 82 valence electrons. The van der Waals surface area contributed by atoms with Crippen LogP contribution in [0.1, 0.15) is 17.3 Å². The smallest absolute Gasteiger partial charge is 0.248 e. The fourth-order valence-corrected chi connectivity index (χ4v) is 0.991. The number of nitrogens with two attached hydrogens (primary N) is 1. The number of rotatable bonds is 6. The molecule has 0 fully saturated rings. The lowest BCUT2D eigenvalue weighted by Crippen LogP contribution is -2.12. The van der Waals surface area contributed by atoms with E-state index in [-0.39, 0.29) is 0 Å². The third-order valence-electron chi connectivity index (χ3n) is 1.70. The van der Waals surface area contributed by atoms with Crippen molar-refractivity contribution in [1.29, 1.82) is 0 Å². The molecule has 0 aliphatic carbocycles. The Bertz CT molecular complexity index is 328. The highest BCUT2D eigenvalue weighted by Crippen LogP contribution is 2.08. The molecule has 0 aromatic carbocycles. The highest BCUT2D eigenvalue weighted by Gasteiger charge is 2.02. The summed E-state index contributed by atoms with van der Waals surface area (Å²) in [6, 6.07) is 3.05. The Labute approximate surface area is 88.2 Å². The maximum absolute atomic E-state index is 10.8. The maximum Gasteiger partial charge on any atom is 0.248 e. The lowest BCUT2D eigenvalue weighted by Gasteiger charge is -2.05. The van der Waals surface area contributed by atoms with E-state index in [1.54, 1.807) is 0 Å². The molecule has 2 N–H and O–H groups in total. The van der Waals surface area contributed by atoms with Gasteiger partial charge in [-0.1, -0.05) is 0 Å². The molecule has 5 heteroatoms. The third kappa shape index (κ3) is 3.95. The van der Waals surface area contributed by atoms with E-state index < -0.39 is 5.91 Å². The second-order valence-corrected chi connectivity index (χ2v) is 2.79. The molecule has 0 saturated heterocycles. The SMILES string of the molecule is CCOCCOc1cc(C(N)=O)ccn1. The first-order valence-corrected chi connectivity index (χ1v) is 4.70. The highest BCUT2D eigenvalue weighted by atomic mass is 16.5. The number of amides is 1. The van der Waals surface area contributed by atoms with Crippen LogP contribution in [0.25, 0.3) is 0 Å². The van der Waals surface area contributed by atoms with E-state index in [2.05, 4.69) is 4.98 Å². The summed E-state index contributed by atoms with van der Waals surface area (Å²) in [5.41, 5.74) is 5.50. The van der Waals surface area contributed by atoms with Crippen LogP contribution in [0.2, 0.25) is 0 Å². The average molecular weight is 210 g/mol. The number of carbonyl (C=O) groups excluding carboxylic acids is 1. The van der Waals surface area contributed by atoms with E-state index in [9.17, 15) is 4.79 Å². The Morgan fingerprint density at radius 3 is 3.00 bits per heavy atom. The summed E-state index contributed by atoms with van der Waals surface area (Å²) in [5.74, 6) is -0.113. The number of hydrogen-bond acceptors (Lipinski definition) is 4. The van der Waals surface area contributed by atoms with Crippen LogP contribution in [-0.2, 0) is 4.74 Å². The largest absolute Gasteiger partial charge is 0.475 e. The van der Waals surface area contributed by atoms with Crippen molar-refractivity contribution in [2.75, 3.05) is 19.8 Å². The molecule has 1 rings (SSSR count). The Hall–Kier alpha value is -1.62. The first-order valence-electron chi connectivity index (χ1n) is 4.70. The van der Waals surface area contributed by atoms with Crippen molar-refractivity contribution in [3.8, 4) is 5.88 Å². The van der Waals surface area contributed by atoms with Gasteiger partial charge in [0.15, 0.2) is 0 Å². The van der Waals surface area contributed by atoms with Gasteiger partial charge in [-0.05, 0) is 13.0 Å². The highest BCUT2D eigenvalue weighted by molar-refractivity contribution is 5.92. The first-order chi connectivity index (χ1) is 7.24. The van der Waals surface area contributed by atoms with Gasteiger partial charge in [-0.25, -0.2) is 4.98 Å². The van der Waals surface area contributed by atoms with E-state index in [1.807, 2.05) is 6.92 Å². The van der Waals surface area contributed by atoms with Crippen molar-refractivity contribution < 1.29 is 14.3 Å². The van der Waals surface area contributed by atoms with Crippen LogP contribution in [0.5, 0.6) is 5.88 Å². The summed E-state index contributed by atoms with van der Waals surface area (Å²) in [6.07, 6.45) is 1.48. The van der Waals surface area contributed by atoms with Crippen molar-refractivity contribution in [2.24, 2.45) is 5.73 Å². The molecule has 0 atom stereocenters. The zero-order valence-electron chi connectivity index (χ0n) is 8.60. The molecular weight excluding hydrogens is 196 g/mol. The summed E-state index contributed by atoms with van der Waals surface area (Å²) in [7, 11) is 0. The van der Waals surface area contributed by atoms with Gasteiger partial charge in [-0.15, -0.1) is 0 Å². The molecular formula is C10H14N2O3. The van der Waals surface area contributed by atoms with Crippen LogP contribution in [0, 0.1) is 0 Å². The van der Waals surface area contributed by atoms with Crippen LogP contribution >= 0.6 is 0 Å². The number of pyridine rings is 1. The van der Waals surface area contributed by atoms with Crippen molar-refractivity contribution in [1.82, 2.24) is 4.98 Å². The van der Waals surface area contributed by atoms with E-state index in [4.69, 9.17) is 15.2 Å². The van der Waals surface area contributed by atoms with Gasteiger partial charge in [0, 0.05) is 24.4 Å². The van der Waals surface area contributed by atoms with E-state index in [0.29, 0.717) is 31.3 Å². The number of primary amides is 1. The quantitative estimate of drug-likeness (QED) is 0.697. The molecule has 0 bridgehead atoms. The van der Waals surface area contributed by atoms with Gasteiger partial charge in [0.1, 0.15) is 6.61 Å². The van der Waals surface area contributed by atoms with Crippen LogP contribution in [-0.4, -0.2) is 30.7 Å². The Kier molecular flexibility index (Phi) is 4.56. The summed E-state index contributed by atoms with van der Waals surface area (Å²) in [4.78, 5) is 14.8. The summed E-state index contributed by atoms with van der Waals surface area (Å²) < 4.78 is 10.3. The number of carbonyl (C=O) groups is 1. The van der Waals surface area contributed by atoms with Crippen LogP contribution in [0.4, 0.5) is 0 Å². The minimum absolute atomic E-state index is 0.381. The predicted octanol–water partition coefficient (Wildman–Crippen LogP) is 0.596. The van der Waals surface area contributed by atoms with Gasteiger partial charge in [0.2, 0.25) is 11.8 Å². The lowest BCUT2D eigenvalue weighted by molar-refractivity contribution is 0.0997. The molecule has 1 aromatic rings. The standard InChI is InChI=1S/C10H14N2O3/c1-2-14-5-6-15-9-7-8(10(11)13)3-4-12-9/h3-4,7H,2,5-6H2,1H3,(H2,11,13). The van der Waals surface area contributed by atoms with Crippen molar-refractivity contribution in [3.05, 3.63) is 23.9 Å². The monoisotopic (exact) mass is 210 g/mol. The summed E-state index contributed by atoms with van der Waals surface area (Å²) >= 11 is 0. The minimum atomic E-state index is -0.493. The number of aromatic nitrogens is 1. The summed E-state index contributed by atoms with van der Waals surface area (Å²) in [6.45, 7) is 3.46. The number of nitrogens with zero attached hydrogens (tertiary/aromatic N) is 1. The second kappa shape index (κ2) is 5.98. The molecule has 1 amide bonds. The van der Waals surface area contributed by atoms with Crippen LogP contribution in [0.3, 0.4) is 0 Å². The van der Waals surface area contributed by atoms with E-state index in [1.165, 1.54) is 18.3 Å². The Balaban J connectivity index is 2.47. The molecule has 1 aromatic heterocycles. The van der Waals surface area contributed by atoms with Crippen molar-refractivity contribution in [3.63, 3.8) is 0 Å². The molecule has 0 unspecified atom stereocenters. The lowest BCUT2D eigenvalue weighted by atomic mass is 10.2. The molecule has 0 saturated carbocycles.